The van der Waals surface area contributed by atoms with E-state index in [9.17, 15) is 29.2 Å². The number of ether oxygens (including phenoxy) is 1. The quantitative estimate of drug-likeness (QED) is 0.0420. The molecule has 1 fully saturated rings. The molecule has 42 heavy (non-hydrogen) atoms. The Hall–Kier alpha value is -4.62. The van der Waals surface area contributed by atoms with E-state index in [-0.39, 0.29) is 33.5 Å². The molecule has 4 aromatic rings. The summed E-state index contributed by atoms with van der Waals surface area (Å²) in [6, 6.07) is 17.0. The Morgan fingerprint density at radius 3 is 2.48 bits per heavy atom. The van der Waals surface area contributed by atoms with Crippen LogP contribution in [0.25, 0.3) is 5.76 Å². The molecule has 2 heterocycles. The van der Waals surface area contributed by atoms with Crippen molar-refractivity contribution in [2.45, 2.75) is 29.5 Å². The monoisotopic (exact) mass is 606 g/mol. The van der Waals surface area contributed by atoms with Crippen LogP contribution < -0.4 is 9.64 Å². The summed E-state index contributed by atoms with van der Waals surface area (Å²) in [5, 5.41) is 30.9. The van der Waals surface area contributed by atoms with Crippen molar-refractivity contribution in [1.82, 2.24) is 10.2 Å². The van der Waals surface area contributed by atoms with Crippen LogP contribution in [0.15, 0.2) is 82.7 Å². The third-order valence-corrected chi connectivity index (χ3v) is 8.48. The van der Waals surface area contributed by atoms with Gasteiger partial charge in [-0.3, -0.25) is 24.6 Å². The Balaban J connectivity index is 1.53. The number of Topliss-reactive ketones (excluding diaryl/α,β-unsaturated/α-hetero) is 1. The van der Waals surface area contributed by atoms with Gasteiger partial charge < -0.3 is 9.84 Å². The zero-order valence-corrected chi connectivity index (χ0v) is 23.7. The van der Waals surface area contributed by atoms with Crippen LogP contribution >= 0.6 is 23.1 Å². The van der Waals surface area contributed by atoms with E-state index in [0.29, 0.717) is 27.8 Å². The normalized spacial score (nSPS) is 16.1. The van der Waals surface area contributed by atoms with Gasteiger partial charge in [0.05, 0.1) is 23.1 Å². The van der Waals surface area contributed by atoms with Gasteiger partial charge in [0.25, 0.3) is 11.5 Å². The zero-order valence-electron chi connectivity index (χ0n) is 22.1. The lowest BCUT2D eigenvalue weighted by atomic mass is 9.95. The maximum atomic E-state index is 14.1. The average molecular weight is 607 g/mol. The number of amides is 1. The van der Waals surface area contributed by atoms with Gasteiger partial charge in [0.2, 0.25) is 5.13 Å². The molecule has 214 valence electrons. The number of hydrogen-bond donors (Lipinski definition) is 1. The first-order chi connectivity index (χ1) is 20.3. The second-order valence-electron chi connectivity index (χ2n) is 9.12. The number of carbonyl (C=O) groups excluding carboxylic acids is 2. The minimum Gasteiger partial charge on any atom is -0.507 e. The Labute approximate surface area is 247 Å². The molecule has 3 aromatic carbocycles. The molecule has 1 unspecified atom stereocenters. The first kappa shape index (κ1) is 28.9. The van der Waals surface area contributed by atoms with E-state index in [1.54, 1.807) is 42.5 Å². The standard InChI is InChI=1S/C29H23FN4O6S2/c1-2-15-40-21-13-9-18(10-14-21)25(35)23-24(17-7-11-20(12-8-17)34(38)39)33(27(37)26(23)36)28-31-32-29(42-28)41-16-19-5-3-4-6-22(19)30/h3-14,24,35H,2,15-16H2,1H3/b25-23-. The third kappa shape index (κ3) is 5.87. The highest BCUT2D eigenvalue weighted by Gasteiger charge is 2.48. The van der Waals surface area contributed by atoms with Crippen molar-refractivity contribution in [3.63, 3.8) is 0 Å². The first-order valence-corrected chi connectivity index (χ1v) is 14.6. The fourth-order valence-electron chi connectivity index (χ4n) is 4.32. The van der Waals surface area contributed by atoms with E-state index >= 15 is 0 Å². The highest BCUT2D eigenvalue weighted by atomic mass is 32.2. The number of rotatable bonds is 10. The molecule has 13 heteroatoms. The van der Waals surface area contributed by atoms with Crippen molar-refractivity contribution in [3.8, 4) is 5.75 Å². The summed E-state index contributed by atoms with van der Waals surface area (Å²) >= 11 is 2.24. The number of nitro groups is 1. The molecule has 1 N–H and O–H groups in total. The van der Waals surface area contributed by atoms with Crippen LogP contribution in [-0.4, -0.2) is 38.5 Å². The molecular formula is C29H23FN4O6S2. The molecule has 1 aromatic heterocycles. The molecule has 1 aliphatic heterocycles. The van der Waals surface area contributed by atoms with E-state index in [2.05, 4.69) is 10.2 Å². The number of carbonyl (C=O) groups is 2. The molecule has 1 atom stereocenters. The molecule has 1 saturated heterocycles. The summed E-state index contributed by atoms with van der Waals surface area (Å²) in [5.41, 5.74) is 0.715. The number of thioether (sulfide) groups is 1. The maximum absolute atomic E-state index is 14.1. The minimum atomic E-state index is -1.14. The van der Waals surface area contributed by atoms with Crippen LogP contribution in [-0.2, 0) is 15.3 Å². The predicted octanol–water partition coefficient (Wildman–Crippen LogP) is 6.29. The van der Waals surface area contributed by atoms with Crippen molar-refractivity contribution in [1.29, 1.82) is 0 Å². The number of non-ortho nitro benzene ring substituents is 1. The van der Waals surface area contributed by atoms with Gasteiger partial charge in [-0.15, -0.1) is 10.2 Å². The van der Waals surface area contributed by atoms with Crippen LogP contribution in [0.2, 0.25) is 0 Å². The van der Waals surface area contributed by atoms with Crippen molar-refractivity contribution in [2.24, 2.45) is 0 Å². The Morgan fingerprint density at radius 2 is 1.81 bits per heavy atom. The van der Waals surface area contributed by atoms with E-state index in [4.69, 9.17) is 4.74 Å². The third-order valence-electron chi connectivity index (χ3n) is 6.38. The molecule has 0 bridgehead atoms. The second-order valence-corrected chi connectivity index (χ2v) is 11.3. The number of hydrogen-bond acceptors (Lipinski definition) is 10. The Bertz CT molecular complexity index is 1670. The van der Waals surface area contributed by atoms with Gasteiger partial charge in [0.1, 0.15) is 17.3 Å². The van der Waals surface area contributed by atoms with Crippen molar-refractivity contribution >= 4 is 51.4 Å². The van der Waals surface area contributed by atoms with Crippen LogP contribution in [0.5, 0.6) is 5.75 Å². The van der Waals surface area contributed by atoms with Gasteiger partial charge in [-0.05, 0) is 60.0 Å². The lowest BCUT2D eigenvalue weighted by Gasteiger charge is -2.22. The number of nitro benzene ring substituents is 1. The highest BCUT2D eigenvalue weighted by Crippen LogP contribution is 2.44. The molecular weight excluding hydrogens is 583 g/mol. The summed E-state index contributed by atoms with van der Waals surface area (Å²) in [6.45, 7) is 2.49. The zero-order chi connectivity index (χ0) is 29.8. The van der Waals surface area contributed by atoms with E-state index in [0.717, 1.165) is 22.7 Å². The number of halogens is 1. The Kier molecular flexibility index (Phi) is 8.59. The minimum absolute atomic E-state index is 0.0823. The SMILES string of the molecule is CCCOc1ccc(/C(O)=C2/C(=O)C(=O)N(c3nnc(SCc4ccccc4F)s3)C2c2ccc([N+](=O)[O-])cc2)cc1. The summed E-state index contributed by atoms with van der Waals surface area (Å²) in [5.74, 6) is -1.81. The van der Waals surface area contributed by atoms with Crippen molar-refractivity contribution < 1.29 is 28.7 Å². The topological polar surface area (TPSA) is 136 Å². The highest BCUT2D eigenvalue weighted by molar-refractivity contribution is 8.00. The molecule has 0 aliphatic carbocycles. The number of aliphatic hydroxyl groups is 1. The molecule has 1 amide bonds. The van der Waals surface area contributed by atoms with Crippen LogP contribution in [0.1, 0.15) is 36.1 Å². The smallest absolute Gasteiger partial charge is 0.301 e. The summed E-state index contributed by atoms with van der Waals surface area (Å²) < 4.78 is 20.1. The van der Waals surface area contributed by atoms with Crippen LogP contribution in [0.3, 0.4) is 0 Å². The number of aliphatic hydroxyl groups excluding tert-OH is 1. The Morgan fingerprint density at radius 1 is 1.10 bits per heavy atom. The van der Waals surface area contributed by atoms with Gasteiger partial charge in [-0.2, -0.15) is 0 Å². The number of anilines is 1. The van der Waals surface area contributed by atoms with Crippen molar-refractivity contribution in [3.05, 3.63) is 111 Å². The van der Waals surface area contributed by atoms with E-state index in [1.807, 2.05) is 6.92 Å². The fraction of sp³-hybridized carbons (Fsp3) is 0.172. The molecule has 1 aliphatic rings. The largest absolute Gasteiger partial charge is 0.507 e. The van der Waals surface area contributed by atoms with Crippen LogP contribution in [0, 0.1) is 15.9 Å². The molecule has 5 rings (SSSR count). The van der Waals surface area contributed by atoms with Gasteiger partial charge >= 0.3 is 5.91 Å². The number of benzene rings is 3. The van der Waals surface area contributed by atoms with Gasteiger partial charge in [0.15, 0.2) is 4.34 Å². The predicted molar refractivity (Wildman–Crippen MR) is 156 cm³/mol. The molecule has 10 nitrogen and oxygen atoms in total. The van der Waals surface area contributed by atoms with E-state index in [1.165, 1.54) is 42.1 Å². The molecule has 0 saturated carbocycles. The molecule has 0 spiro atoms. The fourth-order valence-corrected chi connectivity index (χ4v) is 6.18. The summed E-state index contributed by atoms with van der Waals surface area (Å²) in [6.07, 6.45) is 0.815. The first-order valence-electron chi connectivity index (χ1n) is 12.8. The summed E-state index contributed by atoms with van der Waals surface area (Å²) in [7, 11) is 0. The maximum Gasteiger partial charge on any atom is 0.301 e. The number of aromatic nitrogens is 2. The van der Waals surface area contributed by atoms with Gasteiger partial charge in [-0.25, -0.2) is 4.39 Å². The molecule has 0 radical (unpaired) electrons. The lowest BCUT2D eigenvalue weighted by Crippen LogP contribution is -2.29. The van der Waals surface area contributed by atoms with Crippen molar-refractivity contribution in [2.75, 3.05) is 11.5 Å². The van der Waals surface area contributed by atoms with Gasteiger partial charge in [0, 0.05) is 23.4 Å². The van der Waals surface area contributed by atoms with E-state index < -0.39 is 28.4 Å². The van der Waals surface area contributed by atoms with Gasteiger partial charge in [-0.1, -0.05) is 48.2 Å². The van der Waals surface area contributed by atoms with Crippen LogP contribution in [0.4, 0.5) is 15.2 Å². The second kappa shape index (κ2) is 12.5. The number of nitrogens with zero attached hydrogens (tertiary/aromatic N) is 4. The lowest BCUT2D eigenvalue weighted by molar-refractivity contribution is -0.384. The average Bonchev–Trinajstić information content (AvgIpc) is 3.57. The summed E-state index contributed by atoms with van der Waals surface area (Å²) in [4.78, 5) is 38.6. The number of ketones is 1.